The van der Waals surface area contributed by atoms with Crippen LogP contribution in [-0.4, -0.2) is 22.0 Å². The number of anilines is 1. The molecule has 1 aromatic heterocycles. The molecule has 2 aromatic carbocycles. The van der Waals surface area contributed by atoms with Gasteiger partial charge in [-0.2, -0.15) is 0 Å². The molecule has 0 saturated carbocycles. The van der Waals surface area contributed by atoms with Gasteiger partial charge in [-0.1, -0.05) is 36.4 Å². The summed E-state index contributed by atoms with van der Waals surface area (Å²) in [6.45, 7) is 1.84. The maximum Gasteiger partial charge on any atom is 0.337 e. The maximum absolute atomic E-state index is 12.2. The van der Waals surface area contributed by atoms with Crippen molar-refractivity contribution in [3.63, 3.8) is 0 Å². The number of hydrogen-bond acceptors (Lipinski definition) is 3. The van der Waals surface area contributed by atoms with Gasteiger partial charge in [-0.3, -0.25) is 9.78 Å². The number of carbonyl (C=O) groups is 2. The smallest absolute Gasteiger partial charge is 0.337 e. The molecule has 0 atom stereocenters. The van der Waals surface area contributed by atoms with E-state index in [0.717, 1.165) is 21.9 Å². The quantitative estimate of drug-likeness (QED) is 0.708. The summed E-state index contributed by atoms with van der Waals surface area (Å²) in [6, 6.07) is 15.3. The molecule has 25 heavy (non-hydrogen) atoms. The van der Waals surface area contributed by atoms with Crippen molar-refractivity contribution >= 4 is 33.9 Å². The molecule has 0 radical (unpaired) electrons. The Morgan fingerprint density at radius 1 is 1.08 bits per heavy atom. The van der Waals surface area contributed by atoms with Gasteiger partial charge in [0.2, 0.25) is 5.91 Å². The average molecular weight is 332 g/mol. The average Bonchev–Trinajstić information content (AvgIpc) is 2.61. The third-order valence-corrected chi connectivity index (χ3v) is 3.86. The number of carboxylic acids is 1. The van der Waals surface area contributed by atoms with Gasteiger partial charge in [0, 0.05) is 12.3 Å². The predicted molar refractivity (Wildman–Crippen MR) is 97.4 cm³/mol. The summed E-state index contributed by atoms with van der Waals surface area (Å²) < 4.78 is 0. The number of aromatic carboxylic acids is 1. The lowest BCUT2D eigenvalue weighted by molar-refractivity contribution is -0.111. The lowest BCUT2D eigenvalue weighted by atomic mass is 10.0. The second-order valence-electron chi connectivity index (χ2n) is 5.60. The number of benzene rings is 2. The Kier molecular flexibility index (Phi) is 4.57. The van der Waals surface area contributed by atoms with Crippen LogP contribution >= 0.6 is 0 Å². The number of allylic oxidation sites excluding steroid dienone is 1. The molecule has 3 aromatic rings. The standard InChI is InChI=1S/C20H16N2O3/c1-13(15-7-6-14-4-2-3-5-16(14)11-15)10-19(23)22-18-12-21-9-8-17(18)20(24)25/h2-12H,1H3,(H,22,23)(H,24,25). The van der Waals surface area contributed by atoms with Gasteiger partial charge >= 0.3 is 5.97 Å². The van der Waals surface area contributed by atoms with Crippen LogP contribution in [0, 0.1) is 0 Å². The van der Waals surface area contributed by atoms with Crippen LogP contribution in [0.5, 0.6) is 0 Å². The molecule has 5 nitrogen and oxygen atoms in total. The monoisotopic (exact) mass is 332 g/mol. The summed E-state index contributed by atoms with van der Waals surface area (Å²) in [6.07, 6.45) is 4.14. The molecule has 0 unspecified atom stereocenters. The molecular weight excluding hydrogens is 316 g/mol. The fourth-order valence-corrected chi connectivity index (χ4v) is 2.56. The lowest BCUT2D eigenvalue weighted by Crippen LogP contribution is -2.12. The number of carboxylic acid groups (broad SMARTS) is 1. The zero-order valence-electron chi connectivity index (χ0n) is 13.6. The summed E-state index contributed by atoms with van der Waals surface area (Å²) in [5.41, 5.74) is 1.88. The molecular formula is C20H16N2O3. The van der Waals surface area contributed by atoms with Gasteiger partial charge in [0.05, 0.1) is 17.4 Å². The maximum atomic E-state index is 12.2. The van der Waals surface area contributed by atoms with Crippen molar-refractivity contribution in [2.45, 2.75) is 6.92 Å². The topological polar surface area (TPSA) is 79.3 Å². The molecule has 0 aliphatic rings. The molecule has 2 N–H and O–H groups in total. The van der Waals surface area contributed by atoms with E-state index in [1.165, 1.54) is 24.5 Å². The Morgan fingerprint density at radius 3 is 2.60 bits per heavy atom. The van der Waals surface area contributed by atoms with E-state index in [1.54, 1.807) is 0 Å². The Labute approximate surface area is 144 Å². The predicted octanol–water partition coefficient (Wildman–Crippen LogP) is 3.98. The summed E-state index contributed by atoms with van der Waals surface area (Å²) in [5, 5.41) is 13.9. The van der Waals surface area contributed by atoms with Gasteiger partial charge in [-0.15, -0.1) is 0 Å². The molecule has 1 heterocycles. The Bertz CT molecular complexity index is 993. The van der Waals surface area contributed by atoms with E-state index in [9.17, 15) is 9.59 Å². The lowest BCUT2D eigenvalue weighted by Gasteiger charge is -2.07. The van der Waals surface area contributed by atoms with Gasteiger partial charge in [-0.05, 0) is 41.0 Å². The number of aromatic nitrogens is 1. The number of nitrogens with zero attached hydrogens (tertiary/aromatic N) is 1. The van der Waals surface area contributed by atoms with E-state index >= 15 is 0 Å². The normalized spacial score (nSPS) is 11.3. The van der Waals surface area contributed by atoms with E-state index in [4.69, 9.17) is 5.11 Å². The van der Waals surface area contributed by atoms with Gasteiger partial charge in [0.25, 0.3) is 0 Å². The summed E-state index contributed by atoms with van der Waals surface area (Å²) >= 11 is 0. The van der Waals surface area contributed by atoms with Crippen molar-refractivity contribution in [1.29, 1.82) is 0 Å². The number of rotatable bonds is 4. The molecule has 0 bridgehead atoms. The number of fused-ring (bicyclic) bond motifs is 1. The minimum atomic E-state index is -1.12. The number of carbonyl (C=O) groups excluding carboxylic acids is 1. The highest BCUT2D eigenvalue weighted by Gasteiger charge is 2.11. The zero-order valence-corrected chi connectivity index (χ0v) is 13.6. The van der Waals surface area contributed by atoms with Crippen molar-refractivity contribution in [2.75, 3.05) is 5.32 Å². The van der Waals surface area contributed by atoms with Crippen LogP contribution < -0.4 is 5.32 Å². The first kappa shape index (κ1) is 16.4. The van der Waals surface area contributed by atoms with Gasteiger partial charge in [0.1, 0.15) is 0 Å². The number of amides is 1. The molecule has 124 valence electrons. The highest BCUT2D eigenvalue weighted by atomic mass is 16.4. The molecule has 3 rings (SSSR count). The number of hydrogen-bond donors (Lipinski definition) is 2. The van der Waals surface area contributed by atoms with Crippen LogP contribution in [0.4, 0.5) is 5.69 Å². The largest absolute Gasteiger partial charge is 0.478 e. The molecule has 5 heteroatoms. The second-order valence-corrected chi connectivity index (χ2v) is 5.60. The Hall–Kier alpha value is -3.47. The second kappa shape index (κ2) is 6.97. The first-order valence-corrected chi connectivity index (χ1v) is 7.70. The molecule has 0 spiro atoms. The minimum Gasteiger partial charge on any atom is -0.478 e. The van der Waals surface area contributed by atoms with Crippen LogP contribution in [0.15, 0.2) is 67.0 Å². The van der Waals surface area contributed by atoms with Crippen LogP contribution in [0.1, 0.15) is 22.8 Å². The van der Waals surface area contributed by atoms with Crippen molar-refractivity contribution < 1.29 is 14.7 Å². The third-order valence-electron chi connectivity index (χ3n) is 3.86. The van der Waals surface area contributed by atoms with Crippen molar-refractivity contribution in [1.82, 2.24) is 4.98 Å². The molecule has 1 amide bonds. The van der Waals surface area contributed by atoms with Crippen LogP contribution in [0.25, 0.3) is 16.3 Å². The fraction of sp³-hybridized carbons (Fsp3) is 0.0500. The Morgan fingerprint density at radius 2 is 1.84 bits per heavy atom. The minimum absolute atomic E-state index is 0.000100. The number of pyridine rings is 1. The van der Waals surface area contributed by atoms with E-state index < -0.39 is 11.9 Å². The van der Waals surface area contributed by atoms with Crippen LogP contribution in [0.3, 0.4) is 0 Å². The first-order chi connectivity index (χ1) is 12.0. The van der Waals surface area contributed by atoms with Crippen LogP contribution in [-0.2, 0) is 4.79 Å². The van der Waals surface area contributed by atoms with Gasteiger partial charge < -0.3 is 10.4 Å². The molecule has 0 aliphatic carbocycles. The summed E-state index contributed by atoms with van der Waals surface area (Å²) in [5.74, 6) is -1.52. The zero-order chi connectivity index (χ0) is 17.8. The van der Waals surface area contributed by atoms with Crippen LogP contribution in [0.2, 0.25) is 0 Å². The van der Waals surface area contributed by atoms with E-state index in [1.807, 2.05) is 49.4 Å². The highest BCUT2D eigenvalue weighted by molar-refractivity contribution is 6.07. The van der Waals surface area contributed by atoms with Gasteiger partial charge in [0.15, 0.2) is 0 Å². The van der Waals surface area contributed by atoms with E-state index in [-0.39, 0.29) is 11.3 Å². The SMILES string of the molecule is CC(=CC(=O)Nc1cnccc1C(=O)O)c1ccc2ccccc2c1. The van der Waals surface area contributed by atoms with Crippen molar-refractivity contribution in [2.24, 2.45) is 0 Å². The fourth-order valence-electron chi connectivity index (χ4n) is 2.56. The third kappa shape index (κ3) is 3.72. The number of nitrogens with one attached hydrogen (secondary N) is 1. The van der Waals surface area contributed by atoms with Gasteiger partial charge in [-0.25, -0.2) is 4.79 Å². The first-order valence-electron chi connectivity index (χ1n) is 7.70. The summed E-state index contributed by atoms with van der Waals surface area (Å²) in [7, 11) is 0. The van der Waals surface area contributed by atoms with E-state index in [2.05, 4.69) is 10.3 Å². The molecule has 0 fully saturated rings. The van der Waals surface area contributed by atoms with E-state index in [0.29, 0.717) is 0 Å². The summed E-state index contributed by atoms with van der Waals surface area (Å²) in [4.78, 5) is 27.3. The molecule has 0 saturated heterocycles. The van der Waals surface area contributed by atoms with Crippen molar-refractivity contribution in [3.8, 4) is 0 Å². The highest BCUT2D eigenvalue weighted by Crippen LogP contribution is 2.21. The molecule has 0 aliphatic heterocycles. The van der Waals surface area contributed by atoms with Crippen molar-refractivity contribution in [3.05, 3.63) is 78.1 Å². The Balaban J connectivity index is 1.84.